The van der Waals surface area contributed by atoms with Gasteiger partial charge in [-0.3, -0.25) is 14.2 Å². The molecule has 2 aromatic rings. The molecule has 1 aliphatic rings. The van der Waals surface area contributed by atoms with Gasteiger partial charge in [0.15, 0.2) is 17.3 Å². The van der Waals surface area contributed by atoms with Crippen molar-refractivity contribution in [2.75, 3.05) is 26.0 Å². The van der Waals surface area contributed by atoms with Crippen LogP contribution in [-0.2, 0) is 6.50 Å². The van der Waals surface area contributed by atoms with Crippen molar-refractivity contribution >= 4 is 39.2 Å². The van der Waals surface area contributed by atoms with E-state index in [-0.39, 0.29) is 14.8 Å². The van der Waals surface area contributed by atoms with Crippen molar-refractivity contribution in [2.24, 2.45) is 5.89 Å². The third-order valence-electron chi connectivity index (χ3n) is 3.31. The fourth-order valence-electron chi connectivity index (χ4n) is 2.17. The molecule has 3 unspecified atom stereocenters. The number of hydrogen-bond acceptors (Lipinski definition) is 6. The van der Waals surface area contributed by atoms with Gasteiger partial charge in [0, 0.05) is 41.4 Å². The molecule has 1 aliphatic heterocycles. The Morgan fingerprint density at radius 2 is 2.52 bits per heavy atom. The number of likely N-dealkylation sites (tertiary alicyclic amines) is 1. The maximum atomic E-state index is 13.3. The molecule has 27 heavy (non-hydrogen) atoms. The quantitative estimate of drug-likeness (QED) is 0.737. The largest absolute Gasteiger partial charge is 0.505 e. The van der Waals surface area contributed by atoms with Crippen molar-refractivity contribution in [1.29, 1.82) is 0 Å². The van der Waals surface area contributed by atoms with Gasteiger partial charge in [-0.05, 0) is 44.9 Å². The minimum absolute atomic E-state index is 0.0628. The molecule has 0 bridgehead atoms. The summed E-state index contributed by atoms with van der Waals surface area (Å²) in [5.74, 6) is -6.04. The Morgan fingerprint density at radius 3 is 3.30 bits per heavy atom. The predicted molar refractivity (Wildman–Crippen MR) is 108 cm³/mol. The van der Waals surface area contributed by atoms with Crippen LogP contribution in [0.3, 0.4) is 0 Å². The molecule has 0 radical (unpaired) electrons. The van der Waals surface area contributed by atoms with E-state index < -0.39 is 102 Å². The molecule has 7 nitrogen and oxygen atoms in total. The molecule has 3 heterocycles. The summed E-state index contributed by atoms with van der Waals surface area (Å²) >= 11 is 6.25. The monoisotopic (exact) mass is 429 g/mol. The number of rotatable bonds is 6. The van der Waals surface area contributed by atoms with Crippen LogP contribution >= 0.6 is 22.9 Å². The van der Waals surface area contributed by atoms with Gasteiger partial charge in [-0.25, -0.2) is 4.98 Å². The molecule has 2 aromatic heterocycles. The van der Waals surface area contributed by atoms with E-state index in [2.05, 4.69) is 4.98 Å². The molecular weight excluding hydrogens is 388 g/mol. The summed E-state index contributed by atoms with van der Waals surface area (Å²) < 4.78 is 136. The van der Waals surface area contributed by atoms with Crippen LogP contribution in [0.2, 0.25) is 5.88 Å². The minimum atomic E-state index is -3.62. The van der Waals surface area contributed by atoms with Crippen LogP contribution in [0.25, 0.3) is 10.3 Å². The number of hydrogen-bond donors (Lipinski definition) is 2. The van der Waals surface area contributed by atoms with Crippen molar-refractivity contribution in [2.45, 2.75) is 39.4 Å². The molecule has 9 heteroatoms. The Hall–Kier alpha value is -1.64. The van der Waals surface area contributed by atoms with Crippen molar-refractivity contribution < 1.29 is 33.2 Å². The summed E-state index contributed by atoms with van der Waals surface area (Å²) in [5, 5.41) is 10.4. The number of piperidine rings is 1. The van der Waals surface area contributed by atoms with Gasteiger partial charge in [-0.2, -0.15) is 0 Å². The SMILES string of the molecule is [2H]C(CC([2H])N1C([2H])([2H])C([2H])([2H])C([2H])([2H])C([2H])(C)C1([2H])[2H])N([2H])C(=O)c1c(O)c2sc(Cl)nc2n(C([2H])([2H])C([2H])([2H])[2H])c1=O. The highest BCUT2D eigenvalue weighted by atomic mass is 35.5. The number of carbonyl (C=O) groups is 1. The fraction of sp³-hybridized carbons (Fsp3) is 0.611. The first-order valence-electron chi connectivity index (χ1n) is 16.0. The van der Waals surface area contributed by atoms with Gasteiger partial charge in [-0.15, -0.1) is 0 Å². The summed E-state index contributed by atoms with van der Waals surface area (Å²) in [6, 6.07) is 0. The Bertz CT molecular complexity index is 1510. The van der Waals surface area contributed by atoms with Crippen LogP contribution in [-0.4, -0.2) is 51.5 Å². The lowest BCUT2D eigenvalue weighted by atomic mass is 10.0. The predicted octanol–water partition coefficient (Wildman–Crippen LogP) is 2.69. The molecule has 0 aliphatic carbocycles. The molecule has 0 spiro atoms. The molecule has 0 saturated carbocycles. The summed E-state index contributed by atoms with van der Waals surface area (Å²) in [6.45, 7) is -18.1. The van der Waals surface area contributed by atoms with E-state index >= 15 is 0 Å². The van der Waals surface area contributed by atoms with Gasteiger partial charge in [0.25, 0.3) is 11.5 Å². The van der Waals surface area contributed by atoms with Gasteiger partial charge in [0.2, 0.25) is 0 Å². The summed E-state index contributed by atoms with van der Waals surface area (Å²) in [7, 11) is 0. The molecule has 2 N–H and O–H groups in total. The summed E-state index contributed by atoms with van der Waals surface area (Å²) in [5.41, 5.74) is -3.90. The van der Waals surface area contributed by atoms with Gasteiger partial charge >= 0.3 is 0 Å². The first-order valence-corrected chi connectivity index (χ1v) is 8.55. The molecule has 1 saturated heterocycles. The Labute approximate surface area is 190 Å². The van der Waals surface area contributed by atoms with Crippen molar-refractivity contribution in [1.82, 2.24) is 19.8 Å². The zero-order chi connectivity index (χ0) is 34.5. The van der Waals surface area contributed by atoms with E-state index in [0.29, 0.717) is 18.3 Å². The van der Waals surface area contributed by atoms with E-state index in [1.165, 1.54) is 0 Å². The normalized spacial score (nSPS) is 40.9. The second-order valence-electron chi connectivity index (χ2n) is 5.10. The first kappa shape index (κ1) is 7.65. The van der Waals surface area contributed by atoms with Crippen LogP contribution in [0.4, 0.5) is 0 Å². The standard InChI is InChI=1S/C18H25ClN4O3S/c1-3-23-15-14(27-18(19)21-15)13(24)12(17(23)26)16(25)20-7-5-9-22-8-4-6-11(2)10-22/h11,24H,3-10H2,1-2H3,(H,20,25)/i1D3,3D2,4D2,6D2,7D,8D2,9D,10D2,11D/hD. The molecular formula is C18H25ClN4O3S. The summed E-state index contributed by atoms with van der Waals surface area (Å²) in [6.07, 6.45) is -8.22. The van der Waals surface area contributed by atoms with Crippen LogP contribution < -0.4 is 10.9 Å². The summed E-state index contributed by atoms with van der Waals surface area (Å²) in [4.78, 5) is 30.1. The Morgan fingerprint density at radius 1 is 1.70 bits per heavy atom. The number of thiazole rings is 1. The minimum Gasteiger partial charge on any atom is -0.505 e. The first-order chi connectivity index (χ1) is 19.4. The average molecular weight is 430 g/mol. The third-order valence-corrected chi connectivity index (χ3v) is 4.46. The maximum Gasteiger partial charge on any atom is 0.268 e. The topological polar surface area (TPSA) is 87.5 Å². The van der Waals surface area contributed by atoms with Crippen LogP contribution in [0.1, 0.15) is 65.2 Å². The number of aromatic nitrogens is 2. The number of nitrogens with zero attached hydrogens (tertiary/aromatic N) is 3. The molecule has 3 atom stereocenters. The maximum absolute atomic E-state index is 13.3. The second-order valence-corrected chi connectivity index (χ2v) is 6.68. The van der Waals surface area contributed by atoms with Gasteiger partial charge in [-0.1, -0.05) is 29.9 Å². The third kappa shape index (κ3) is 4.28. The van der Waals surface area contributed by atoms with Crippen molar-refractivity contribution in [3.05, 3.63) is 20.4 Å². The highest BCUT2D eigenvalue weighted by molar-refractivity contribution is 7.22. The highest BCUT2D eigenvalue weighted by Crippen LogP contribution is 2.33. The van der Waals surface area contributed by atoms with Gasteiger partial charge in [0.05, 0.1) is 0 Å². The van der Waals surface area contributed by atoms with Crippen molar-refractivity contribution in [3.63, 3.8) is 0 Å². The lowest BCUT2D eigenvalue weighted by Crippen LogP contribution is -2.37. The van der Waals surface area contributed by atoms with Crippen molar-refractivity contribution in [3.8, 4) is 5.75 Å². The van der Waals surface area contributed by atoms with Crippen LogP contribution in [0.5, 0.6) is 5.75 Å². The Balaban J connectivity index is 2.08. The number of amides is 1. The lowest BCUT2D eigenvalue weighted by molar-refractivity contribution is 0.0945. The number of aromatic hydroxyl groups is 1. The molecule has 1 fully saturated rings. The van der Waals surface area contributed by atoms with E-state index in [1.54, 1.807) is 0 Å². The van der Waals surface area contributed by atoms with Crippen LogP contribution in [0.15, 0.2) is 4.79 Å². The smallest absolute Gasteiger partial charge is 0.268 e. The van der Waals surface area contributed by atoms with Gasteiger partial charge in [0.1, 0.15) is 10.3 Å². The van der Waals surface area contributed by atoms with E-state index in [4.69, 9.17) is 34.9 Å². The molecule has 148 valence electrons. The highest BCUT2D eigenvalue weighted by Gasteiger charge is 2.24. The Kier molecular flexibility index (Phi) is 2.43. The number of aryl methyl sites for hydroxylation is 1. The zero-order valence-electron chi connectivity index (χ0n) is 30.7. The molecule has 0 aromatic carbocycles. The molecule has 3 rings (SSSR count). The fourth-order valence-corrected chi connectivity index (χ4v) is 3.21. The number of fused-ring (bicyclic) bond motifs is 1. The van der Waals surface area contributed by atoms with Gasteiger partial charge < -0.3 is 15.3 Å². The van der Waals surface area contributed by atoms with E-state index in [9.17, 15) is 14.7 Å². The molecule has 1 amide bonds. The number of halogens is 1. The number of pyridine rings is 1. The lowest BCUT2D eigenvalue weighted by Gasteiger charge is -2.30. The average Bonchev–Trinajstić information content (AvgIpc) is 3.22. The number of nitrogens with one attached hydrogen (secondary N) is 1. The second kappa shape index (κ2) is 8.58. The number of carbonyl (C=O) groups excluding carboxylic acids is 1. The zero-order valence-corrected chi connectivity index (χ0v) is 15.3. The van der Waals surface area contributed by atoms with E-state index in [0.717, 1.165) is 0 Å². The van der Waals surface area contributed by atoms with E-state index in [1.807, 2.05) is 0 Å². The van der Waals surface area contributed by atoms with Crippen LogP contribution in [0, 0.1) is 5.89 Å².